The van der Waals surface area contributed by atoms with Crippen molar-refractivity contribution in [3.8, 4) is 0 Å². The number of nitrogens with zero attached hydrogens (tertiary/aromatic N) is 1. The first-order valence-corrected chi connectivity index (χ1v) is 6.19. The Bertz CT molecular complexity index is 329. The Kier molecular flexibility index (Phi) is 3.33. The minimum Gasteiger partial charge on any atom is -0.423 e. The zero-order valence-corrected chi connectivity index (χ0v) is 9.70. The van der Waals surface area contributed by atoms with E-state index in [1.165, 1.54) is 24.2 Å². The van der Waals surface area contributed by atoms with Gasteiger partial charge in [-0.05, 0) is 30.9 Å². The van der Waals surface area contributed by atoms with Crippen LogP contribution in [0.1, 0.15) is 19.8 Å². The van der Waals surface area contributed by atoms with Crippen molar-refractivity contribution >= 4 is 28.2 Å². The molecule has 0 aromatic carbocycles. The Morgan fingerprint density at radius 2 is 2.27 bits per heavy atom. The summed E-state index contributed by atoms with van der Waals surface area (Å²) in [6.45, 7) is 4.44. The molecule has 82 valence electrons. The van der Waals surface area contributed by atoms with Crippen LogP contribution in [0.25, 0.3) is 0 Å². The van der Waals surface area contributed by atoms with E-state index >= 15 is 0 Å². The second kappa shape index (κ2) is 4.55. The van der Waals surface area contributed by atoms with Crippen molar-refractivity contribution in [1.29, 1.82) is 0 Å². The van der Waals surface area contributed by atoms with Gasteiger partial charge in [0.1, 0.15) is 0 Å². The Hall–Kier alpha value is -0.515. The zero-order chi connectivity index (χ0) is 10.8. The summed E-state index contributed by atoms with van der Waals surface area (Å²) in [5, 5.41) is 19.2. The fraction of sp³-hybridized carbons (Fsp3) is 0.600. The molecule has 1 aromatic rings. The second-order valence-electron chi connectivity index (χ2n) is 4.24. The molecule has 0 aliphatic carbocycles. The van der Waals surface area contributed by atoms with E-state index in [4.69, 9.17) is 10.0 Å². The molecule has 2 heterocycles. The summed E-state index contributed by atoms with van der Waals surface area (Å²) >= 11 is 1.48. The normalized spacial score (nSPS) is 21.8. The van der Waals surface area contributed by atoms with Crippen LogP contribution in [-0.4, -0.2) is 30.3 Å². The Balaban J connectivity index is 2.08. The lowest BCUT2D eigenvalue weighted by Crippen LogP contribution is -2.33. The van der Waals surface area contributed by atoms with Gasteiger partial charge in [0, 0.05) is 17.9 Å². The monoisotopic (exact) mass is 225 g/mol. The SMILES string of the molecule is CC1CCCN(c2ccc(B(O)O)s2)C1. The number of piperidine rings is 1. The smallest absolute Gasteiger partial charge is 0.423 e. The summed E-state index contributed by atoms with van der Waals surface area (Å²) < 4.78 is 0.628. The van der Waals surface area contributed by atoms with E-state index in [9.17, 15) is 0 Å². The molecule has 0 spiro atoms. The van der Waals surface area contributed by atoms with Gasteiger partial charge in [0.2, 0.25) is 0 Å². The maximum atomic E-state index is 9.03. The van der Waals surface area contributed by atoms with Crippen LogP contribution in [0, 0.1) is 5.92 Å². The number of rotatable bonds is 2. The van der Waals surface area contributed by atoms with Gasteiger partial charge in [-0.1, -0.05) is 6.92 Å². The van der Waals surface area contributed by atoms with Crippen LogP contribution < -0.4 is 9.68 Å². The Morgan fingerprint density at radius 1 is 1.47 bits per heavy atom. The molecule has 2 rings (SSSR count). The molecule has 15 heavy (non-hydrogen) atoms. The van der Waals surface area contributed by atoms with E-state index < -0.39 is 7.12 Å². The first-order valence-electron chi connectivity index (χ1n) is 5.37. The molecular weight excluding hydrogens is 209 g/mol. The van der Waals surface area contributed by atoms with Gasteiger partial charge in [-0.15, -0.1) is 11.3 Å². The molecule has 1 saturated heterocycles. The van der Waals surface area contributed by atoms with E-state index in [1.54, 1.807) is 6.07 Å². The first kappa shape index (κ1) is 11.0. The number of anilines is 1. The van der Waals surface area contributed by atoms with Crippen LogP contribution in [0.3, 0.4) is 0 Å². The lowest BCUT2D eigenvalue weighted by Gasteiger charge is -2.31. The van der Waals surface area contributed by atoms with Crippen LogP contribution in [0.4, 0.5) is 5.00 Å². The molecule has 1 aliphatic rings. The average molecular weight is 225 g/mol. The minimum absolute atomic E-state index is 0.628. The number of hydrogen-bond acceptors (Lipinski definition) is 4. The third-order valence-electron chi connectivity index (χ3n) is 2.84. The molecule has 0 saturated carbocycles. The standard InChI is InChI=1S/C10H16BNO2S/c1-8-3-2-6-12(7-8)10-5-4-9(15-10)11(13)14/h4-5,8,13-14H,2-3,6-7H2,1H3. The third-order valence-corrected chi connectivity index (χ3v) is 4.02. The molecule has 1 aliphatic heterocycles. The van der Waals surface area contributed by atoms with E-state index in [2.05, 4.69) is 11.8 Å². The second-order valence-corrected chi connectivity index (χ2v) is 5.34. The largest absolute Gasteiger partial charge is 0.499 e. The predicted molar refractivity (Wildman–Crippen MR) is 64.8 cm³/mol. The quantitative estimate of drug-likeness (QED) is 0.727. The minimum atomic E-state index is -1.33. The lowest BCUT2D eigenvalue weighted by atomic mass is 9.90. The van der Waals surface area contributed by atoms with Gasteiger partial charge in [0.25, 0.3) is 0 Å². The zero-order valence-electron chi connectivity index (χ0n) is 8.89. The summed E-state index contributed by atoms with van der Waals surface area (Å²) in [4.78, 5) is 2.34. The van der Waals surface area contributed by atoms with Gasteiger partial charge in [-0.25, -0.2) is 0 Å². The highest BCUT2D eigenvalue weighted by molar-refractivity contribution is 7.25. The van der Waals surface area contributed by atoms with Crippen LogP contribution in [0.15, 0.2) is 12.1 Å². The third kappa shape index (κ3) is 2.54. The molecule has 0 bridgehead atoms. The lowest BCUT2D eigenvalue weighted by molar-refractivity contribution is 0.427. The number of thiophene rings is 1. The van der Waals surface area contributed by atoms with E-state index in [-0.39, 0.29) is 0 Å². The summed E-state index contributed by atoms with van der Waals surface area (Å²) in [6.07, 6.45) is 2.54. The summed E-state index contributed by atoms with van der Waals surface area (Å²) in [7, 11) is -1.33. The van der Waals surface area contributed by atoms with Crippen molar-refractivity contribution in [3.63, 3.8) is 0 Å². The molecule has 2 N–H and O–H groups in total. The fourth-order valence-corrected chi connectivity index (χ4v) is 2.95. The van der Waals surface area contributed by atoms with Gasteiger partial charge in [0.15, 0.2) is 0 Å². The van der Waals surface area contributed by atoms with Crippen molar-refractivity contribution in [2.75, 3.05) is 18.0 Å². The van der Waals surface area contributed by atoms with Crippen LogP contribution >= 0.6 is 11.3 Å². The molecule has 5 heteroatoms. The van der Waals surface area contributed by atoms with Gasteiger partial charge in [-0.3, -0.25) is 0 Å². The van der Waals surface area contributed by atoms with Crippen molar-refractivity contribution in [2.45, 2.75) is 19.8 Å². The summed E-state index contributed by atoms with van der Waals surface area (Å²) in [5.41, 5.74) is 0. The van der Waals surface area contributed by atoms with Gasteiger partial charge in [0.05, 0.1) is 5.00 Å². The van der Waals surface area contributed by atoms with Crippen molar-refractivity contribution in [3.05, 3.63) is 12.1 Å². The summed E-state index contributed by atoms with van der Waals surface area (Å²) in [5.74, 6) is 0.739. The molecule has 3 nitrogen and oxygen atoms in total. The molecule has 0 amide bonds. The fourth-order valence-electron chi connectivity index (χ4n) is 2.04. The molecule has 1 atom stereocenters. The topological polar surface area (TPSA) is 43.7 Å². The predicted octanol–water partition coefficient (Wildman–Crippen LogP) is 0.664. The maximum Gasteiger partial charge on any atom is 0.499 e. The highest BCUT2D eigenvalue weighted by Crippen LogP contribution is 2.25. The van der Waals surface area contributed by atoms with Gasteiger partial charge >= 0.3 is 7.12 Å². The van der Waals surface area contributed by atoms with Crippen LogP contribution in [-0.2, 0) is 0 Å². The van der Waals surface area contributed by atoms with Crippen LogP contribution in [0.2, 0.25) is 0 Å². The van der Waals surface area contributed by atoms with Crippen molar-refractivity contribution in [1.82, 2.24) is 0 Å². The molecular formula is C10H16BNO2S. The maximum absolute atomic E-state index is 9.03. The van der Waals surface area contributed by atoms with Gasteiger partial charge in [-0.2, -0.15) is 0 Å². The average Bonchev–Trinajstić information content (AvgIpc) is 2.66. The highest BCUT2D eigenvalue weighted by Gasteiger charge is 2.20. The van der Waals surface area contributed by atoms with Crippen LogP contribution in [0.5, 0.6) is 0 Å². The van der Waals surface area contributed by atoms with E-state index in [0.717, 1.165) is 24.0 Å². The van der Waals surface area contributed by atoms with Crippen molar-refractivity contribution in [2.24, 2.45) is 5.92 Å². The number of hydrogen-bond donors (Lipinski definition) is 2. The molecule has 1 fully saturated rings. The first-order chi connectivity index (χ1) is 7.16. The van der Waals surface area contributed by atoms with Crippen molar-refractivity contribution < 1.29 is 10.0 Å². The highest BCUT2D eigenvalue weighted by atomic mass is 32.1. The Morgan fingerprint density at radius 3 is 2.87 bits per heavy atom. The Labute approximate surface area is 94.5 Å². The van der Waals surface area contributed by atoms with Gasteiger partial charge < -0.3 is 14.9 Å². The van der Waals surface area contributed by atoms with E-state index in [1.807, 2.05) is 6.07 Å². The molecule has 1 unspecified atom stereocenters. The summed E-state index contributed by atoms with van der Waals surface area (Å²) in [6, 6.07) is 3.78. The van der Waals surface area contributed by atoms with E-state index in [0.29, 0.717) is 4.78 Å². The molecule has 0 radical (unpaired) electrons. The molecule has 1 aromatic heterocycles.